The quantitative estimate of drug-likeness (QED) is 0.846. The Morgan fingerprint density at radius 1 is 1.29 bits per heavy atom. The van der Waals surface area contributed by atoms with Crippen LogP contribution in [0, 0.1) is 13.8 Å². The Kier molecular flexibility index (Phi) is 4.45. The Bertz CT molecular complexity index is 641. The van der Waals surface area contributed by atoms with Crippen LogP contribution in [0.3, 0.4) is 0 Å². The van der Waals surface area contributed by atoms with E-state index in [0.717, 1.165) is 30.0 Å². The van der Waals surface area contributed by atoms with Gasteiger partial charge >= 0.3 is 0 Å². The topological polar surface area (TPSA) is 56.0 Å². The van der Waals surface area contributed by atoms with E-state index in [-0.39, 0.29) is 5.91 Å². The summed E-state index contributed by atoms with van der Waals surface area (Å²) in [6.07, 6.45) is 3.65. The van der Waals surface area contributed by atoms with E-state index in [4.69, 9.17) is 0 Å². The zero-order valence-electron chi connectivity index (χ0n) is 13.4. The fourth-order valence-electron chi connectivity index (χ4n) is 2.38. The van der Waals surface area contributed by atoms with Gasteiger partial charge < -0.3 is 4.90 Å². The van der Waals surface area contributed by atoms with E-state index in [1.807, 2.05) is 50.3 Å². The first-order valence-corrected chi connectivity index (χ1v) is 7.28. The molecule has 2 aromatic rings. The first-order valence-electron chi connectivity index (χ1n) is 7.28. The third-order valence-electron chi connectivity index (χ3n) is 3.76. The molecule has 6 heteroatoms. The monoisotopic (exact) mass is 289 g/mol. The van der Waals surface area contributed by atoms with Gasteiger partial charge in [0.05, 0.1) is 17.5 Å². The lowest BCUT2D eigenvalue weighted by atomic mass is 10.2. The van der Waals surface area contributed by atoms with Crippen molar-refractivity contribution in [2.24, 2.45) is 0 Å². The van der Waals surface area contributed by atoms with Gasteiger partial charge in [0.25, 0.3) is 5.91 Å². The molecule has 1 amide bonds. The molecule has 0 aliphatic heterocycles. The molecule has 6 nitrogen and oxygen atoms in total. The standard InChI is InChI=1S/C15H23N5O/c1-6-19-10-13(11(3)17-19)9-18(5)15(21)14-8-16-20(7-2)12(14)4/h8,10H,6-7,9H2,1-5H3. The first kappa shape index (κ1) is 15.3. The first-order chi connectivity index (χ1) is 9.97. The summed E-state index contributed by atoms with van der Waals surface area (Å²) in [7, 11) is 1.81. The van der Waals surface area contributed by atoms with Gasteiger partial charge in [-0.2, -0.15) is 10.2 Å². The molecule has 0 radical (unpaired) electrons. The van der Waals surface area contributed by atoms with Crippen LogP contribution in [-0.2, 0) is 19.6 Å². The van der Waals surface area contributed by atoms with E-state index in [0.29, 0.717) is 12.1 Å². The highest BCUT2D eigenvalue weighted by atomic mass is 16.2. The number of hydrogen-bond acceptors (Lipinski definition) is 3. The Balaban J connectivity index is 2.15. The number of hydrogen-bond donors (Lipinski definition) is 0. The highest BCUT2D eigenvalue weighted by molar-refractivity contribution is 5.94. The summed E-state index contributed by atoms with van der Waals surface area (Å²) in [5.74, 6) is -0.00384. The minimum atomic E-state index is -0.00384. The van der Waals surface area contributed by atoms with E-state index >= 15 is 0 Å². The second-order valence-corrected chi connectivity index (χ2v) is 5.22. The second kappa shape index (κ2) is 6.11. The maximum Gasteiger partial charge on any atom is 0.257 e. The number of aryl methyl sites for hydroxylation is 3. The van der Waals surface area contributed by atoms with Crippen LogP contribution in [0.4, 0.5) is 0 Å². The lowest BCUT2D eigenvalue weighted by Crippen LogP contribution is -2.26. The van der Waals surface area contributed by atoms with Crippen LogP contribution < -0.4 is 0 Å². The fraction of sp³-hybridized carbons (Fsp3) is 0.533. The van der Waals surface area contributed by atoms with E-state index in [1.54, 1.807) is 11.1 Å². The Morgan fingerprint density at radius 2 is 2.00 bits per heavy atom. The highest BCUT2D eigenvalue weighted by Crippen LogP contribution is 2.14. The van der Waals surface area contributed by atoms with Crippen LogP contribution in [0.25, 0.3) is 0 Å². The minimum absolute atomic E-state index is 0.00384. The summed E-state index contributed by atoms with van der Waals surface area (Å²) in [6.45, 7) is 10.1. The van der Waals surface area contributed by atoms with Crippen molar-refractivity contribution in [2.45, 2.75) is 47.3 Å². The zero-order valence-corrected chi connectivity index (χ0v) is 13.4. The maximum atomic E-state index is 12.5. The summed E-state index contributed by atoms with van der Waals surface area (Å²) in [5.41, 5.74) is 3.63. The minimum Gasteiger partial charge on any atom is -0.337 e. The number of amides is 1. The summed E-state index contributed by atoms with van der Waals surface area (Å²) in [5, 5.41) is 8.64. The predicted octanol–water partition coefficient (Wildman–Crippen LogP) is 2.01. The van der Waals surface area contributed by atoms with Crippen molar-refractivity contribution in [1.82, 2.24) is 24.5 Å². The van der Waals surface area contributed by atoms with Gasteiger partial charge in [-0.15, -0.1) is 0 Å². The molecule has 0 aliphatic rings. The van der Waals surface area contributed by atoms with Gasteiger partial charge in [-0.3, -0.25) is 14.2 Å². The van der Waals surface area contributed by atoms with Crippen molar-refractivity contribution in [3.05, 3.63) is 34.9 Å². The molecular formula is C15H23N5O. The molecule has 0 saturated heterocycles. The average molecular weight is 289 g/mol. The van der Waals surface area contributed by atoms with Gasteiger partial charge in [-0.1, -0.05) is 0 Å². The molecule has 0 saturated carbocycles. The van der Waals surface area contributed by atoms with Crippen LogP contribution in [0.5, 0.6) is 0 Å². The molecule has 0 fully saturated rings. The van der Waals surface area contributed by atoms with Crippen molar-refractivity contribution in [2.75, 3.05) is 7.05 Å². The molecule has 2 aromatic heterocycles. The van der Waals surface area contributed by atoms with Crippen molar-refractivity contribution in [3.8, 4) is 0 Å². The summed E-state index contributed by atoms with van der Waals surface area (Å²) in [4.78, 5) is 14.2. The number of aromatic nitrogens is 4. The Hall–Kier alpha value is -2.11. The molecule has 0 unspecified atom stereocenters. The van der Waals surface area contributed by atoms with Crippen LogP contribution in [0.1, 0.15) is 41.2 Å². The maximum absolute atomic E-state index is 12.5. The van der Waals surface area contributed by atoms with Gasteiger partial charge in [-0.05, 0) is 27.7 Å². The van der Waals surface area contributed by atoms with Crippen LogP contribution in [0.2, 0.25) is 0 Å². The summed E-state index contributed by atoms with van der Waals surface area (Å²) >= 11 is 0. The van der Waals surface area contributed by atoms with Crippen molar-refractivity contribution in [3.63, 3.8) is 0 Å². The van der Waals surface area contributed by atoms with E-state index < -0.39 is 0 Å². The molecule has 0 aliphatic carbocycles. The van der Waals surface area contributed by atoms with E-state index in [1.165, 1.54) is 0 Å². The number of carbonyl (C=O) groups excluding carboxylic acids is 1. The van der Waals surface area contributed by atoms with Crippen LogP contribution in [-0.4, -0.2) is 37.4 Å². The molecule has 0 atom stereocenters. The lowest BCUT2D eigenvalue weighted by Gasteiger charge is -2.16. The SMILES string of the molecule is CCn1cc(CN(C)C(=O)c2cnn(CC)c2C)c(C)n1. The van der Waals surface area contributed by atoms with Crippen molar-refractivity contribution >= 4 is 5.91 Å². The summed E-state index contributed by atoms with van der Waals surface area (Å²) in [6, 6.07) is 0. The third kappa shape index (κ3) is 2.99. The fourth-order valence-corrected chi connectivity index (χ4v) is 2.38. The van der Waals surface area contributed by atoms with Gasteiger partial charge in [-0.25, -0.2) is 0 Å². The molecule has 2 heterocycles. The molecule has 2 rings (SSSR count). The molecule has 0 aromatic carbocycles. The average Bonchev–Trinajstić information content (AvgIpc) is 3.01. The second-order valence-electron chi connectivity index (χ2n) is 5.22. The highest BCUT2D eigenvalue weighted by Gasteiger charge is 2.19. The predicted molar refractivity (Wildman–Crippen MR) is 81.1 cm³/mol. The van der Waals surface area contributed by atoms with E-state index in [9.17, 15) is 4.79 Å². The summed E-state index contributed by atoms with van der Waals surface area (Å²) < 4.78 is 3.73. The Morgan fingerprint density at radius 3 is 2.52 bits per heavy atom. The Labute approximate surface area is 125 Å². The van der Waals surface area contributed by atoms with Gasteiger partial charge in [0.15, 0.2) is 0 Å². The molecular weight excluding hydrogens is 266 g/mol. The smallest absolute Gasteiger partial charge is 0.257 e. The normalized spacial score (nSPS) is 10.9. The van der Waals surface area contributed by atoms with Crippen LogP contribution in [0.15, 0.2) is 12.4 Å². The molecule has 114 valence electrons. The number of rotatable bonds is 5. The third-order valence-corrected chi connectivity index (χ3v) is 3.76. The molecule has 0 N–H and O–H groups in total. The van der Waals surface area contributed by atoms with E-state index in [2.05, 4.69) is 10.2 Å². The van der Waals surface area contributed by atoms with Crippen molar-refractivity contribution < 1.29 is 4.79 Å². The van der Waals surface area contributed by atoms with Crippen molar-refractivity contribution in [1.29, 1.82) is 0 Å². The van der Waals surface area contributed by atoms with Gasteiger partial charge in [0.1, 0.15) is 0 Å². The number of nitrogens with zero attached hydrogens (tertiary/aromatic N) is 5. The molecule has 0 bridgehead atoms. The zero-order chi connectivity index (χ0) is 15.6. The lowest BCUT2D eigenvalue weighted by molar-refractivity contribution is 0.0784. The number of carbonyl (C=O) groups is 1. The largest absolute Gasteiger partial charge is 0.337 e. The van der Waals surface area contributed by atoms with Gasteiger partial charge in [0.2, 0.25) is 0 Å². The molecule has 21 heavy (non-hydrogen) atoms. The van der Waals surface area contributed by atoms with Gasteiger partial charge in [0, 0.05) is 44.1 Å². The molecule has 0 spiro atoms. The van der Waals surface area contributed by atoms with Crippen LogP contribution >= 0.6 is 0 Å².